The first kappa shape index (κ1) is 23.1. The summed E-state index contributed by atoms with van der Waals surface area (Å²) in [6, 6.07) is 4.27. The lowest BCUT2D eigenvalue weighted by atomic mass is 10.0. The van der Waals surface area contributed by atoms with Gasteiger partial charge in [0, 0.05) is 44.8 Å². The normalized spacial score (nSPS) is 20.9. The number of aryl methyl sites for hydroxylation is 1. The maximum atomic E-state index is 5.98. The van der Waals surface area contributed by atoms with Crippen molar-refractivity contribution in [2.24, 2.45) is 4.99 Å². The Morgan fingerprint density at radius 1 is 1.07 bits per heavy atom. The number of nitrogens with one attached hydrogen (secondary N) is 2. The molecule has 170 valence electrons. The molecular weight excluding hydrogens is 382 g/mol. The lowest BCUT2D eigenvalue weighted by Crippen LogP contribution is -2.52. The van der Waals surface area contributed by atoms with Crippen LogP contribution in [0.3, 0.4) is 0 Å². The van der Waals surface area contributed by atoms with E-state index in [1.165, 1.54) is 0 Å². The first-order valence-corrected chi connectivity index (χ1v) is 11.2. The number of aliphatic imine (C=N–C) groups is 1. The minimum Gasteiger partial charge on any atom is -0.465 e. The van der Waals surface area contributed by atoms with E-state index < -0.39 is 0 Å². The van der Waals surface area contributed by atoms with E-state index in [1.807, 2.05) is 13.0 Å². The molecule has 1 atom stereocenters. The van der Waals surface area contributed by atoms with Crippen LogP contribution in [-0.4, -0.2) is 93.5 Å². The van der Waals surface area contributed by atoms with Crippen LogP contribution < -0.4 is 10.6 Å². The predicted molar refractivity (Wildman–Crippen MR) is 119 cm³/mol. The third-order valence-corrected chi connectivity index (χ3v) is 5.87. The fourth-order valence-corrected chi connectivity index (χ4v) is 4.01. The van der Waals surface area contributed by atoms with Crippen molar-refractivity contribution in [2.45, 2.75) is 39.3 Å². The molecule has 0 aliphatic carbocycles. The molecule has 0 radical (unpaired) electrons. The number of ether oxygens (including phenoxy) is 2. The molecule has 0 bridgehead atoms. The molecule has 1 unspecified atom stereocenters. The standard InChI is InChI=1S/C22H39N5O3/c1-5-23-21(25-17-22(3,4)27-10-14-29-15-11-27)24-16-19(20-7-6-18(2)30-20)26-8-12-28-13-9-26/h6-7,19H,5,8-17H2,1-4H3,(H2,23,24,25). The van der Waals surface area contributed by atoms with Gasteiger partial charge in [-0.25, -0.2) is 0 Å². The van der Waals surface area contributed by atoms with Crippen LogP contribution >= 0.6 is 0 Å². The summed E-state index contributed by atoms with van der Waals surface area (Å²) in [5.74, 6) is 2.78. The van der Waals surface area contributed by atoms with Crippen molar-refractivity contribution in [2.75, 3.05) is 72.2 Å². The molecular formula is C22H39N5O3. The molecule has 0 saturated carbocycles. The monoisotopic (exact) mass is 421 g/mol. The van der Waals surface area contributed by atoms with E-state index >= 15 is 0 Å². The summed E-state index contributed by atoms with van der Waals surface area (Å²) in [5.41, 5.74) is -0.00609. The van der Waals surface area contributed by atoms with Gasteiger partial charge in [0.05, 0.1) is 39.0 Å². The van der Waals surface area contributed by atoms with Gasteiger partial charge < -0.3 is 24.5 Å². The summed E-state index contributed by atoms with van der Waals surface area (Å²) in [4.78, 5) is 9.81. The van der Waals surface area contributed by atoms with Crippen LogP contribution in [0.15, 0.2) is 21.5 Å². The highest BCUT2D eigenvalue weighted by Gasteiger charge is 2.29. The lowest BCUT2D eigenvalue weighted by molar-refractivity contribution is -0.00685. The molecule has 3 heterocycles. The SMILES string of the molecule is CCNC(=NCC(C)(C)N1CCOCC1)NCC(c1ccc(C)o1)N1CCOCC1. The highest BCUT2D eigenvalue weighted by Crippen LogP contribution is 2.23. The van der Waals surface area contributed by atoms with E-state index in [-0.39, 0.29) is 11.6 Å². The summed E-state index contributed by atoms with van der Waals surface area (Å²) in [7, 11) is 0. The van der Waals surface area contributed by atoms with Crippen LogP contribution in [0.25, 0.3) is 0 Å². The molecule has 0 aromatic carbocycles. The summed E-state index contributed by atoms with van der Waals surface area (Å²) in [6.45, 7) is 17.8. The van der Waals surface area contributed by atoms with Crippen molar-refractivity contribution in [3.05, 3.63) is 23.7 Å². The van der Waals surface area contributed by atoms with Crippen molar-refractivity contribution < 1.29 is 13.9 Å². The average Bonchev–Trinajstić information content (AvgIpc) is 3.19. The van der Waals surface area contributed by atoms with E-state index in [0.29, 0.717) is 0 Å². The molecule has 8 nitrogen and oxygen atoms in total. The molecule has 30 heavy (non-hydrogen) atoms. The summed E-state index contributed by atoms with van der Waals surface area (Å²) in [5, 5.41) is 6.95. The molecule has 1 aromatic rings. The molecule has 3 rings (SSSR count). The second-order valence-electron chi connectivity index (χ2n) is 8.60. The van der Waals surface area contributed by atoms with Crippen molar-refractivity contribution in [3.63, 3.8) is 0 Å². The Morgan fingerprint density at radius 2 is 1.73 bits per heavy atom. The van der Waals surface area contributed by atoms with Crippen LogP contribution in [0, 0.1) is 6.92 Å². The van der Waals surface area contributed by atoms with Gasteiger partial charge in [-0.3, -0.25) is 14.8 Å². The van der Waals surface area contributed by atoms with E-state index in [4.69, 9.17) is 18.9 Å². The third-order valence-electron chi connectivity index (χ3n) is 5.87. The van der Waals surface area contributed by atoms with Gasteiger partial charge in [0.1, 0.15) is 11.5 Å². The maximum absolute atomic E-state index is 5.98. The largest absolute Gasteiger partial charge is 0.465 e. The Kier molecular flexibility index (Phi) is 8.56. The maximum Gasteiger partial charge on any atom is 0.191 e. The van der Waals surface area contributed by atoms with E-state index in [9.17, 15) is 0 Å². The van der Waals surface area contributed by atoms with Gasteiger partial charge in [0.25, 0.3) is 0 Å². The van der Waals surface area contributed by atoms with Crippen molar-refractivity contribution in [1.82, 2.24) is 20.4 Å². The number of furan rings is 1. The first-order valence-electron chi connectivity index (χ1n) is 11.2. The highest BCUT2D eigenvalue weighted by molar-refractivity contribution is 5.79. The fraction of sp³-hybridized carbons (Fsp3) is 0.773. The van der Waals surface area contributed by atoms with Crippen molar-refractivity contribution >= 4 is 5.96 Å². The lowest BCUT2D eigenvalue weighted by Gasteiger charge is -2.40. The van der Waals surface area contributed by atoms with Gasteiger partial charge in [-0.2, -0.15) is 0 Å². The number of hydrogen-bond donors (Lipinski definition) is 2. The zero-order valence-electron chi connectivity index (χ0n) is 19.1. The second kappa shape index (κ2) is 11.1. The molecule has 2 saturated heterocycles. The van der Waals surface area contributed by atoms with Gasteiger partial charge in [-0.05, 0) is 39.8 Å². The minimum atomic E-state index is -0.00609. The summed E-state index contributed by atoms with van der Waals surface area (Å²) >= 11 is 0. The second-order valence-corrected chi connectivity index (χ2v) is 8.60. The van der Waals surface area contributed by atoms with Crippen LogP contribution in [0.2, 0.25) is 0 Å². The smallest absolute Gasteiger partial charge is 0.191 e. The highest BCUT2D eigenvalue weighted by atomic mass is 16.5. The molecule has 0 amide bonds. The molecule has 1 aromatic heterocycles. The molecule has 2 fully saturated rings. The van der Waals surface area contributed by atoms with Gasteiger partial charge in [0.15, 0.2) is 5.96 Å². The van der Waals surface area contributed by atoms with E-state index in [2.05, 4.69) is 47.3 Å². The first-order chi connectivity index (χ1) is 14.5. The van der Waals surface area contributed by atoms with E-state index in [0.717, 1.165) is 89.7 Å². The average molecular weight is 422 g/mol. The Labute approximate surface area is 181 Å². The number of nitrogens with zero attached hydrogens (tertiary/aromatic N) is 3. The Morgan fingerprint density at radius 3 is 2.33 bits per heavy atom. The Bertz CT molecular complexity index is 663. The van der Waals surface area contributed by atoms with Gasteiger partial charge in [-0.15, -0.1) is 0 Å². The molecule has 2 aliphatic heterocycles. The molecule has 2 N–H and O–H groups in total. The summed E-state index contributed by atoms with van der Waals surface area (Å²) < 4.78 is 17.0. The summed E-state index contributed by atoms with van der Waals surface area (Å²) in [6.07, 6.45) is 0. The van der Waals surface area contributed by atoms with Gasteiger partial charge in [0.2, 0.25) is 0 Å². The topological polar surface area (TPSA) is 74.5 Å². The van der Waals surface area contributed by atoms with Crippen LogP contribution in [0.5, 0.6) is 0 Å². The number of guanidine groups is 1. The van der Waals surface area contributed by atoms with Crippen LogP contribution in [0.1, 0.15) is 38.3 Å². The minimum absolute atomic E-state index is 0.00609. The quantitative estimate of drug-likeness (QED) is 0.488. The molecule has 0 spiro atoms. The van der Waals surface area contributed by atoms with Gasteiger partial charge in [-0.1, -0.05) is 0 Å². The Hall–Kier alpha value is -1.61. The van der Waals surface area contributed by atoms with Crippen molar-refractivity contribution in [3.8, 4) is 0 Å². The molecule has 8 heteroatoms. The van der Waals surface area contributed by atoms with Crippen LogP contribution in [-0.2, 0) is 9.47 Å². The number of morpholine rings is 2. The number of rotatable bonds is 8. The van der Waals surface area contributed by atoms with E-state index in [1.54, 1.807) is 0 Å². The van der Waals surface area contributed by atoms with Gasteiger partial charge >= 0.3 is 0 Å². The molecule has 2 aliphatic rings. The zero-order chi connectivity index (χ0) is 21.4. The predicted octanol–water partition coefficient (Wildman–Crippen LogP) is 1.63. The number of hydrogen-bond acceptors (Lipinski definition) is 6. The third kappa shape index (κ3) is 6.44. The zero-order valence-corrected chi connectivity index (χ0v) is 19.1. The van der Waals surface area contributed by atoms with Crippen molar-refractivity contribution in [1.29, 1.82) is 0 Å². The fourth-order valence-electron chi connectivity index (χ4n) is 4.01. The Balaban J connectivity index is 1.65. The van der Waals surface area contributed by atoms with Crippen LogP contribution in [0.4, 0.5) is 0 Å².